The summed E-state index contributed by atoms with van der Waals surface area (Å²) in [7, 11) is 0. The van der Waals surface area contributed by atoms with E-state index in [1.807, 2.05) is 0 Å². The highest BCUT2D eigenvalue weighted by Crippen LogP contribution is 2.13. The standard InChI is InChI=1S/C10H14N2O2/c11-8-3-4-10(13)12(6-8)7-9-2-1-5-14-9/h3-4,6,9H,1-2,5,7,11H2. The Balaban J connectivity index is 2.15. The maximum absolute atomic E-state index is 11.4. The van der Waals surface area contributed by atoms with Gasteiger partial charge in [0.15, 0.2) is 0 Å². The Bertz CT molecular complexity index is 367. The third-order valence-corrected chi connectivity index (χ3v) is 2.43. The Morgan fingerprint density at radius 2 is 2.43 bits per heavy atom. The van der Waals surface area contributed by atoms with Gasteiger partial charge in [0.25, 0.3) is 5.56 Å². The average molecular weight is 194 g/mol. The third kappa shape index (κ3) is 1.96. The van der Waals surface area contributed by atoms with Crippen LogP contribution in [0.1, 0.15) is 12.8 Å². The number of nitrogen functional groups attached to an aromatic ring is 1. The molecule has 4 heteroatoms. The molecule has 0 saturated carbocycles. The van der Waals surface area contributed by atoms with E-state index in [0.717, 1.165) is 19.4 Å². The number of rotatable bonds is 2. The van der Waals surface area contributed by atoms with E-state index in [2.05, 4.69) is 0 Å². The van der Waals surface area contributed by atoms with Gasteiger partial charge in [-0.1, -0.05) is 0 Å². The minimum atomic E-state index is -0.0188. The minimum absolute atomic E-state index is 0.0188. The lowest BCUT2D eigenvalue weighted by Crippen LogP contribution is -2.25. The summed E-state index contributed by atoms with van der Waals surface area (Å²) in [6.45, 7) is 1.42. The molecule has 1 atom stereocenters. The topological polar surface area (TPSA) is 57.2 Å². The van der Waals surface area contributed by atoms with Gasteiger partial charge in [-0.15, -0.1) is 0 Å². The van der Waals surface area contributed by atoms with E-state index in [9.17, 15) is 4.79 Å². The minimum Gasteiger partial charge on any atom is -0.398 e. The molecule has 2 N–H and O–H groups in total. The molecule has 2 heterocycles. The number of aromatic nitrogens is 1. The first kappa shape index (κ1) is 9.27. The molecule has 76 valence electrons. The highest BCUT2D eigenvalue weighted by atomic mass is 16.5. The van der Waals surface area contributed by atoms with Crippen molar-refractivity contribution in [3.63, 3.8) is 0 Å². The fourth-order valence-corrected chi connectivity index (χ4v) is 1.70. The number of nitrogens with zero attached hydrogens (tertiary/aromatic N) is 1. The van der Waals surface area contributed by atoms with Crippen LogP contribution in [0.5, 0.6) is 0 Å². The predicted octanol–water partition coefficient (Wildman–Crippen LogP) is 0.609. The molecule has 1 saturated heterocycles. The molecule has 1 aromatic rings. The molecule has 0 bridgehead atoms. The van der Waals surface area contributed by atoms with Crippen molar-refractivity contribution in [2.24, 2.45) is 0 Å². The van der Waals surface area contributed by atoms with Gasteiger partial charge in [-0.05, 0) is 18.9 Å². The van der Waals surface area contributed by atoms with Crippen LogP contribution in [0.3, 0.4) is 0 Å². The molecule has 0 aliphatic carbocycles. The lowest BCUT2D eigenvalue weighted by molar-refractivity contribution is 0.0962. The first-order chi connectivity index (χ1) is 6.75. The van der Waals surface area contributed by atoms with Crippen LogP contribution in [0.4, 0.5) is 5.69 Å². The first-order valence-electron chi connectivity index (χ1n) is 4.83. The lowest BCUT2D eigenvalue weighted by atomic mass is 10.2. The van der Waals surface area contributed by atoms with E-state index < -0.39 is 0 Å². The van der Waals surface area contributed by atoms with E-state index in [-0.39, 0.29) is 11.7 Å². The molecule has 4 nitrogen and oxygen atoms in total. The Morgan fingerprint density at radius 3 is 3.14 bits per heavy atom. The van der Waals surface area contributed by atoms with Crippen LogP contribution in [0.2, 0.25) is 0 Å². The highest BCUT2D eigenvalue weighted by molar-refractivity contribution is 5.33. The van der Waals surface area contributed by atoms with Gasteiger partial charge in [0.05, 0.1) is 12.6 Å². The van der Waals surface area contributed by atoms with Gasteiger partial charge in [0, 0.05) is 24.6 Å². The zero-order valence-corrected chi connectivity index (χ0v) is 7.98. The summed E-state index contributed by atoms with van der Waals surface area (Å²) in [6, 6.07) is 3.11. The van der Waals surface area contributed by atoms with Gasteiger partial charge in [0.2, 0.25) is 0 Å². The highest BCUT2D eigenvalue weighted by Gasteiger charge is 2.16. The van der Waals surface area contributed by atoms with Crippen LogP contribution < -0.4 is 11.3 Å². The number of ether oxygens (including phenoxy) is 1. The van der Waals surface area contributed by atoms with Crippen LogP contribution in [0.15, 0.2) is 23.1 Å². The number of pyridine rings is 1. The van der Waals surface area contributed by atoms with Crippen molar-refractivity contribution in [3.05, 3.63) is 28.7 Å². The largest absolute Gasteiger partial charge is 0.398 e. The maximum atomic E-state index is 11.4. The van der Waals surface area contributed by atoms with E-state index in [0.29, 0.717) is 12.2 Å². The molecule has 1 unspecified atom stereocenters. The summed E-state index contributed by atoms with van der Waals surface area (Å²) >= 11 is 0. The third-order valence-electron chi connectivity index (χ3n) is 2.43. The molecule has 2 rings (SSSR count). The molecule has 1 aliphatic heterocycles. The van der Waals surface area contributed by atoms with Crippen molar-refractivity contribution in [2.45, 2.75) is 25.5 Å². The second-order valence-corrected chi connectivity index (χ2v) is 3.59. The van der Waals surface area contributed by atoms with Crippen LogP contribution >= 0.6 is 0 Å². The van der Waals surface area contributed by atoms with Crippen molar-refractivity contribution >= 4 is 5.69 Å². The molecular formula is C10H14N2O2. The zero-order chi connectivity index (χ0) is 9.97. The predicted molar refractivity (Wildman–Crippen MR) is 54.1 cm³/mol. The second kappa shape index (κ2) is 3.84. The van der Waals surface area contributed by atoms with E-state index in [4.69, 9.17) is 10.5 Å². The summed E-state index contributed by atoms with van der Waals surface area (Å²) < 4.78 is 7.07. The molecule has 1 fully saturated rings. The molecule has 0 radical (unpaired) electrons. The Morgan fingerprint density at radius 1 is 1.57 bits per heavy atom. The van der Waals surface area contributed by atoms with Crippen LogP contribution in [0, 0.1) is 0 Å². The summed E-state index contributed by atoms with van der Waals surface area (Å²) in [6.07, 6.45) is 3.96. The van der Waals surface area contributed by atoms with Crippen molar-refractivity contribution in [2.75, 3.05) is 12.3 Å². The van der Waals surface area contributed by atoms with Gasteiger partial charge in [-0.25, -0.2) is 0 Å². The Kier molecular flexibility index (Phi) is 2.54. The van der Waals surface area contributed by atoms with Crippen LogP contribution in [0.25, 0.3) is 0 Å². The Labute approximate surface area is 82.3 Å². The molecule has 14 heavy (non-hydrogen) atoms. The molecule has 0 aromatic carbocycles. The fraction of sp³-hybridized carbons (Fsp3) is 0.500. The molecule has 1 aliphatic rings. The smallest absolute Gasteiger partial charge is 0.250 e. The fourth-order valence-electron chi connectivity index (χ4n) is 1.70. The average Bonchev–Trinajstić information content (AvgIpc) is 2.64. The van der Waals surface area contributed by atoms with Gasteiger partial charge in [-0.2, -0.15) is 0 Å². The van der Waals surface area contributed by atoms with Crippen LogP contribution in [-0.2, 0) is 11.3 Å². The number of hydrogen-bond donors (Lipinski definition) is 1. The van der Waals surface area contributed by atoms with Gasteiger partial charge >= 0.3 is 0 Å². The molecule has 0 spiro atoms. The maximum Gasteiger partial charge on any atom is 0.250 e. The summed E-state index contributed by atoms with van der Waals surface area (Å²) in [4.78, 5) is 11.4. The summed E-state index contributed by atoms with van der Waals surface area (Å²) in [5.41, 5.74) is 6.20. The molecule has 0 amide bonds. The van der Waals surface area contributed by atoms with Gasteiger partial charge < -0.3 is 15.0 Å². The van der Waals surface area contributed by atoms with E-state index >= 15 is 0 Å². The monoisotopic (exact) mass is 194 g/mol. The van der Waals surface area contributed by atoms with Crippen LogP contribution in [-0.4, -0.2) is 17.3 Å². The summed E-state index contributed by atoms with van der Waals surface area (Å²) in [5.74, 6) is 0. The van der Waals surface area contributed by atoms with E-state index in [1.54, 1.807) is 16.8 Å². The van der Waals surface area contributed by atoms with Gasteiger partial charge in [-0.3, -0.25) is 4.79 Å². The molecular weight excluding hydrogens is 180 g/mol. The van der Waals surface area contributed by atoms with Gasteiger partial charge in [0.1, 0.15) is 0 Å². The first-order valence-corrected chi connectivity index (χ1v) is 4.83. The second-order valence-electron chi connectivity index (χ2n) is 3.59. The SMILES string of the molecule is Nc1ccc(=O)n(CC2CCCO2)c1. The number of nitrogens with two attached hydrogens (primary N) is 1. The normalized spacial score (nSPS) is 21.3. The van der Waals surface area contributed by atoms with Crippen molar-refractivity contribution < 1.29 is 4.74 Å². The quantitative estimate of drug-likeness (QED) is 0.750. The number of anilines is 1. The summed E-state index contributed by atoms with van der Waals surface area (Å²) in [5, 5.41) is 0. The molecule has 1 aromatic heterocycles. The Hall–Kier alpha value is -1.29. The van der Waals surface area contributed by atoms with Crippen molar-refractivity contribution in [1.29, 1.82) is 0 Å². The lowest BCUT2D eigenvalue weighted by Gasteiger charge is -2.11. The van der Waals surface area contributed by atoms with E-state index in [1.165, 1.54) is 6.07 Å². The van der Waals surface area contributed by atoms with Crippen molar-refractivity contribution in [3.8, 4) is 0 Å². The van der Waals surface area contributed by atoms with Crippen molar-refractivity contribution in [1.82, 2.24) is 4.57 Å². The number of hydrogen-bond acceptors (Lipinski definition) is 3. The zero-order valence-electron chi connectivity index (χ0n) is 7.98.